The number of aromatic carboxylic acids is 2. The van der Waals surface area contributed by atoms with Gasteiger partial charge in [0.1, 0.15) is 60.6 Å². The van der Waals surface area contributed by atoms with Gasteiger partial charge in [-0.05, 0) is 103 Å². The molecule has 1 aromatic heterocycles. The molecule has 66 heavy (non-hydrogen) atoms. The number of aromatic nitrogens is 1. The predicted molar refractivity (Wildman–Crippen MR) is 248 cm³/mol. The van der Waals surface area contributed by atoms with Crippen molar-refractivity contribution < 1.29 is 60.4 Å². The zero-order valence-corrected chi connectivity index (χ0v) is 37.6. The summed E-state index contributed by atoms with van der Waals surface area (Å²) in [7, 11) is -7.63. The van der Waals surface area contributed by atoms with Crippen molar-refractivity contribution in [2.45, 2.75) is 23.0 Å². The molecule has 0 atom stereocenters. The number of anilines is 3. The van der Waals surface area contributed by atoms with Crippen molar-refractivity contribution >= 4 is 76.5 Å². The molecule has 0 saturated heterocycles. The number of carboxylic acid groups (broad SMARTS) is 2. The first-order valence-electron chi connectivity index (χ1n) is 19.7. The monoisotopic (exact) mass is 954 g/mol. The Hall–Kier alpha value is -7.68. The number of nitrogens with zero attached hydrogens (tertiary/aromatic N) is 1. The number of aryl methyl sites for hydroxylation is 1. The van der Waals surface area contributed by atoms with Crippen molar-refractivity contribution in [3.05, 3.63) is 156 Å². The number of carboxylic acids is 2. The number of carbonyl (C=O) groups is 3. The van der Waals surface area contributed by atoms with Crippen molar-refractivity contribution in [2.24, 2.45) is 0 Å². The number of sulfonamides is 2. The quantitative estimate of drug-likeness (QED) is 0.0480. The van der Waals surface area contributed by atoms with E-state index in [1.807, 2.05) is 24.3 Å². The van der Waals surface area contributed by atoms with Crippen LogP contribution in [0.3, 0.4) is 0 Å². The fraction of sp³-hybridized carbons (Fsp3) is 0.130. The Balaban J connectivity index is 0.000000218. The van der Waals surface area contributed by atoms with Gasteiger partial charge in [-0.3, -0.25) is 14.2 Å². The molecule has 342 valence electrons. The second-order valence-corrected chi connectivity index (χ2v) is 18.4. The number of fused-ring (bicyclic) bond motifs is 1. The van der Waals surface area contributed by atoms with Gasteiger partial charge >= 0.3 is 11.9 Å². The normalized spacial score (nSPS) is 11.1. The molecular weight excluding hydrogens is 913 g/mol. The molecule has 17 nitrogen and oxygen atoms in total. The minimum absolute atomic E-state index is 0.00497. The molecule has 0 unspecified atom stereocenters. The molecule has 6 aromatic carbocycles. The van der Waals surface area contributed by atoms with Gasteiger partial charge in [-0.25, -0.2) is 31.4 Å². The maximum absolute atomic E-state index is 12.8. The summed E-state index contributed by atoms with van der Waals surface area (Å²) in [5.74, 6) is -0.954. The molecule has 0 aliphatic rings. The van der Waals surface area contributed by atoms with Crippen LogP contribution in [0.4, 0.5) is 16.5 Å². The van der Waals surface area contributed by atoms with Crippen molar-refractivity contribution in [3.63, 3.8) is 0 Å². The van der Waals surface area contributed by atoms with Crippen LogP contribution < -0.4 is 33.7 Å². The van der Waals surface area contributed by atoms with Crippen LogP contribution in [-0.4, -0.2) is 76.3 Å². The van der Waals surface area contributed by atoms with Crippen molar-refractivity contribution in [1.82, 2.24) is 4.98 Å². The minimum Gasteiger partial charge on any atom is -0.490 e. The van der Waals surface area contributed by atoms with Gasteiger partial charge < -0.3 is 34.5 Å². The van der Waals surface area contributed by atoms with Crippen LogP contribution in [0.2, 0.25) is 0 Å². The molecule has 0 aliphatic heterocycles. The van der Waals surface area contributed by atoms with Crippen LogP contribution in [0.1, 0.15) is 33.3 Å². The first-order valence-corrected chi connectivity index (χ1v) is 23.5. The smallest absolute Gasteiger partial charge is 0.339 e. The number of ether oxygens (including phenoxy) is 4. The molecule has 0 spiro atoms. The number of rotatable bonds is 19. The van der Waals surface area contributed by atoms with Gasteiger partial charge in [0.05, 0.1) is 10.6 Å². The predicted octanol–water partition coefficient (Wildman–Crippen LogP) is 8.16. The SMILES string of the molecule is CC(=O)Nc1nc(C)c(S(=O)(=O)Nc2ccc(OCCOc3ccccc3C(=O)O)cc2)s1.O=C(O)c1ccccc1OCCOc1ccc(NS(=O)(=O)c2ccc3ccccc3c2)cc1. The third-order valence-corrected chi connectivity index (χ3v) is 13.4. The van der Waals surface area contributed by atoms with Crippen LogP contribution in [-0.2, 0) is 24.8 Å². The molecule has 5 N–H and O–H groups in total. The van der Waals surface area contributed by atoms with Crippen LogP contribution >= 0.6 is 11.3 Å². The van der Waals surface area contributed by atoms with Crippen LogP contribution in [0.25, 0.3) is 10.8 Å². The number of hydrogen-bond acceptors (Lipinski definition) is 13. The number of thiazole rings is 1. The number of carbonyl (C=O) groups excluding carboxylic acids is 1. The zero-order chi connectivity index (χ0) is 47.3. The standard InChI is InChI=1S/C25H21NO6S.C21H21N3O7S2/c27-25(28)23-7-3-4-8-24(23)32-16-15-31-21-12-10-20(11-13-21)26-33(29,30)22-14-9-18-5-1-2-6-19(18)17-22;1-13-20(32-21(22-13)23-14(2)25)33(28,29)24-15-7-9-16(10-8-15)30-11-12-31-18-6-4-3-5-17(18)19(26)27/h1-14,17,26H,15-16H2,(H,27,28);3-10,24H,11-12H2,1-2H3,(H,26,27)(H,22,23,25). The van der Waals surface area contributed by atoms with E-state index < -0.39 is 32.0 Å². The molecule has 1 amide bonds. The number of hydrogen-bond donors (Lipinski definition) is 5. The summed E-state index contributed by atoms with van der Waals surface area (Å²) in [5.41, 5.74) is 1.15. The zero-order valence-electron chi connectivity index (χ0n) is 35.2. The van der Waals surface area contributed by atoms with E-state index >= 15 is 0 Å². The van der Waals surface area contributed by atoms with Gasteiger partial charge in [0, 0.05) is 18.3 Å². The van der Waals surface area contributed by atoms with Gasteiger partial charge in [-0.15, -0.1) is 0 Å². The van der Waals surface area contributed by atoms with E-state index in [1.165, 1.54) is 19.1 Å². The van der Waals surface area contributed by atoms with Gasteiger partial charge in [0.25, 0.3) is 20.0 Å². The Labute approximate surface area is 383 Å². The summed E-state index contributed by atoms with van der Waals surface area (Å²) in [6.45, 7) is 3.49. The fourth-order valence-corrected chi connectivity index (χ4v) is 9.60. The second kappa shape index (κ2) is 21.8. The summed E-state index contributed by atoms with van der Waals surface area (Å²) in [6.07, 6.45) is 0. The third-order valence-electron chi connectivity index (χ3n) is 8.98. The Bertz CT molecular complexity index is 3050. The first kappa shape index (κ1) is 47.8. The number of para-hydroxylation sites is 2. The van der Waals surface area contributed by atoms with E-state index in [4.69, 9.17) is 29.2 Å². The first-order chi connectivity index (χ1) is 31.6. The molecule has 0 bridgehead atoms. The Morgan fingerprint density at radius 3 is 1.53 bits per heavy atom. The average Bonchev–Trinajstić information content (AvgIpc) is 3.67. The van der Waals surface area contributed by atoms with E-state index in [0.717, 1.165) is 22.1 Å². The molecule has 0 radical (unpaired) electrons. The van der Waals surface area contributed by atoms with Gasteiger partial charge in [-0.2, -0.15) is 0 Å². The summed E-state index contributed by atoms with van der Waals surface area (Å²) in [4.78, 5) is 37.8. The molecule has 20 heteroatoms. The lowest BCUT2D eigenvalue weighted by Gasteiger charge is -2.11. The highest BCUT2D eigenvalue weighted by atomic mass is 32.2. The molecule has 7 rings (SSSR count). The highest BCUT2D eigenvalue weighted by Gasteiger charge is 2.23. The maximum atomic E-state index is 12.8. The van der Waals surface area contributed by atoms with Gasteiger partial charge in [0.15, 0.2) is 9.34 Å². The molecule has 0 aliphatic carbocycles. The van der Waals surface area contributed by atoms with Crippen LogP contribution in [0, 0.1) is 6.92 Å². The van der Waals surface area contributed by atoms with E-state index in [2.05, 4.69) is 19.7 Å². The van der Waals surface area contributed by atoms with Crippen LogP contribution in [0.5, 0.6) is 23.0 Å². The molecule has 1 heterocycles. The molecular formula is C46H42N4O13S3. The molecule has 0 fully saturated rings. The minimum atomic E-state index is -3.89. The summed E-state index contributed by atoms with van der Waals surface area (Å²) in [6, 6.07) is 38.0. The lowest BCUT2D eigenvalue weighted by atomic mass is 10.1. The highest BCUT2D eigenvalue weighted by Crippen LogP contribution is 2.30. The number of benzene rings is 6. The Kier molecular flexibility index (Phi) is 15.8. The van der Waals surface area contributed by atoms with Gasteiger partial charge in [0.2, 0.25) is 5.91 Å². The van der Waals surface area contributed by atoms with Crippen molar-refractivity contribution in [1.29, 1.82) is 0 Å². The van der Waals surface area contributed by atoms with Crippen molar-refractivity contribution in [3.8, 4) is 23.0 Å². The Morgan fingerprint density at radius 1 is 0.576 bits per heavy atom. The number of nitrogens with one attached hydrogen (secondary N) is 3. The second-order valence-electron chi connectivity index (χ2n) is 13.8. The highest BCUT2D eigenvalue weighted by molar-refractivity contribution is 7.94. The Morgan fingerprint density at radius 2 is 1.03 bits per heavy atom. The largest absolute Gasteiger partial charge is 0.490 e. The van der Waals surface area contributed by atoms with Gasteiger partial charge in [-0.1, -0.05) is 65.9 Å². The third kappa shape index (κ3) is 13.2. The number of amides is 1. The van der Waals surface area contributed by atoms with Crippen LogP contribution in [0.15, 0.2) is 149 Å². The van der Waals surface area contributed by atoms with E-state index in [-0.39, 0.29) is 74.9 Å². The summed E-state index contributed by atoms with van der Waals surface area (Å²) < 4.78 is 78.0. The summed E-state index contributed by atoms with van der Waals surface area (Å²) >= 11 is 0.863. The van der Waals surface area contributed by atoms with E-state index in [9.17, 15) is 31.2 Å². The maximum Gasteiger partial charge on any atom is 0.339 e. The lowest BCUT2D eigenvalue weighted by Crippen LogP contribution is -2.13. The molecule has 0 saturated carbocycles. The summed E-state index contributed by atoms with van der Waals surface area (Å²) in [5, 5.41) is 22.8. The lowest BCUT2D eigenvalue weighted by molar-refractivity contribution is -0.114. The van der Waals surface area contributed by atoms with E-state index in [1.54, 1.807) is 110 Å². The fourth-order valence-electron chi connectivity index (χ4n) is 5.99. The average molecular weight is 955 g/mol. The van der Waals surface area contributed by atoms with Crippen molar-refractivity contribution in [2.75, 3.05) is 41.2 Å². The topological polar surface area (TPSA) is 246 Å². The van der Waals surface area contributed by atoms with E-state index in [0.29, 0.717) is 22.9 Å². The molecule has 7 aromatic rings.